The molecule has 4 aromatic rings. The van der Waals surface area contributed by atoms with E-state index in [1.807, 2.05) is 17.8 Å². The molecule has 0 aliphatic carbocycles. The first-order valence-corrected chi connectivity index (χ1v) is 13.1. The molecule has 0 radical (unpaired) electrons. The zero-order valence-corrected chi connectivity index (χ0v) is 20.2. The number of halogens is 1. The average molecular weight is 482 g/mol. The van der Waals surface area contributed by atoms with Gasteiger partial charge in [0.15, 0.2) is 0 Å². The van der Waals surface area contributed by atoms with E-state index in [9.17, 15) is 12.8 Å². The van der Waals surface area contributed by atoms with E-state index in [0.29, 0.717) is 19.6 Å². The number of aryl methyl sites for hydroxylation is 2. The Labute approximate surface area is 198 Å². The SMILES string of the molecule is CCCn1cc(S(=O)(=O)N2CCC(c3cc4cnn(-c5ccc(F)cc5)c4cc3C)CC2)cn1. The van der Waals surface area contributed by atoms with Crippen LogP contribution in [0, 0.1) is 12.7 Å². The molecule has 9 heteroatoms. The molecule has 0 unspecified atom stereocenters. The van der Waals surface area contributed by atoms with E-state index >= 15 is 0 Å². The number of hydrogen-bond donors (Lipinski definition) is 0. The Morgan fingerprint density at radius 3 is 2.50 bits per heavy atom. The number of aromatic nitrogens is 4. The Balaban J connectivity index is 1.34. The van der Waals surface area contributed by atoms with Gasteiger partial charge >= 0.3 is 0 Å². The molecule has 1 aliphatic rings. The van der Waals surface area contributed by atoms with Crippen LogP contribution in [-0.4, -0.2) is 45.4 Å². The predicted octanol–water partition coefficient (Wildman–Crippen LogP) is 4.65. The monoisotopic (exact) mass is 481 g/mol. The fraction of sp³-hybridized carbons (Fsp3) is 0.360. The second kappa shape index (κ2) is 8.96. The van der Waals surface area contributed by atoms with Crippen molar-refractivity contribution in [1.82, 2.24) is 23.9 Å². The van der Waals surface area contributed by atoms with Crippen LogP contribution in [0.15, 0.2) is 59.9 Å². The normalized spacial score (nSPS) is 15.9. The van der Waals surface area contributed by atoms with Crippen LogP contribution in [0.1, 0.15) is 43.2 Å². The third-order valence-corrected chi connectivity index (χ3v) is 8.47. The van der Waals surface area contributed by atoms with Gasteiger partial charge in [-0.15, -0.1) is 0 Å². The van der Waals surface area contributed by atoms with Gasteiger partial charge in [0.05, 0.1) is 23.6 Å². The summed E-state index contributed by atoms with van der Waals surface area (Å²) in [5.41, 5.74) is 4.17. The van der Waals surface area contributed by atoms with Gasteiger partial charge in [0.25, 0.3) is 0 Å². The molecule has 0 spiro atoms. The Morgan fingerprint density at radius 1 is 1.06 bits per heavy atom. The Hall–Kier alpha value is -3.04. The predicted molar refractivity (Wildman–Crippen MR) is 129 cm³/mol. The lowest BCUT2D eigenvalue weighted by Crippen LogP contribution is -2.37. The van der Waals surface area contributed by atoms with E-state index in [4.69, 9.17) is 0 Å². The third-order valence-electron chi connectivity index (χ3n) is 6.62. The summed E-state index contributed by atoms with van der Waals surface area (Å²) in [4.78, 5) is 0.269. The molecule has 34 heavy (non-hydrogen) atoms. The van der Waals surface area contributed by atoms with E-state index in [2.05, 4.69) is 29.3 Å². The summed E-state index contributed by atoms with van der Waals surface area (Å²) in [6.45, 7) is 5.80. The molecule has 0 N–H and O–H groups in total. The molecule has 1 saturated heterocycles. The lowest BCUT2D eigenvalue weighted by Gasteiger charge is -2.31. The largest absolute Gasteiger partial charge is 0.271 e. The van der Waals surface area contributed by atoms with Crippen molar-refractivity contribution in [2.45, 2.75) is 50.5 Å². The molecule has 3 heterocycles. The Bertz CT molecular complexity index is 1420. The minimum absolute atomic E-state index is 0.269. The highest BCUT2D eigenvalue weighted by Crippen LogP contribution is 2.35. The van der Waals surface area contributed by atoms with E-state index < -0.39 is 10.0 Å². The summed E-state index contributed by atoms with van der Waals surface area (Å²) >= 11 is 0. The van der Waals surface area contributed by atoms with Gasteiger partial charge in [-0.25, -0.2) is 17.5 Å². The molecule has 0 amide bonds. The Kier molecular flexibility index (Phi) is 5.99. The molecule has 5 rings (SSSR count). The number of hydrogen-bond acceptors (Lipinski definition) is 4. The first-order valence-electron chi connectivity index (χ1n) is 11.6. The second-order valence-corrected chi connectivity index (χ2v) is 10.9. The molecule has 2 aromatic carbocycles. The van der Waals surface area contributed by atoms with Crippen LogP contribution in [0.25, 0.3) is 16.6 Å². The van der Waals surface area contributed by atoms with Crippen LogP contribution in [0.3, 0.4) is 0 Å². The fourth-order valence-electron chi connectivity index (χ4n) is 4.81. The second-order valence-electron chi connectivity index (χ2n) is 8.92. The van der Waals surface area contributed by atoms with Gasteiger partial charge < -0.3 is 0 Å². The number of piperidine rings is 1. The average Bonchev–Trinajstić information content (AvgIpc) is 3.47. The van der Waals surface area contributed by atoms with Gasteiger partial charge in [-0.3, -0.25) is 4.68 Å². The molecule has 2 aromatic heterocycles. The summed E-state index contributed by atoms with van der Waals surface area (Å²) in [5, 5.41) is 9.71. The molecule has 1 fully saturated rings. The number of rotatable bonds is 6. The molecule has 0 saturated carbocycles. The van der Waals surface area contributed by atoms with Gasteiger partial charge in [-0.2, -0.15) is 14.5 Å². The lowest BCUT2D eigenvalue weighted by molar-refractivity contribution is 0.319. The van der Waals surface area contributed by atoms with Crippen molar-refractivity contribution in [2.75, 3.05) is 13.1 Å². The van der Waals surface area contributed by atoms with E-state index in [1.165, 1.54) is 23.9 Å². The highest BCUT2D eigenvalue weighted by Gasteiger charge is 2.31. The fourth-order valence-corrected chi connectivity index (χ4v) is 6.23. The van der Waals surface area contributed by atoms with Crippen molar-refractivity contribution in [1.29, 1.82) is 0 Å². The van der Waals surface area contributed by atoms with Crippen LogP contribution < -0.4 is 0 Å². The summed E-state index contributed by atoms with van der Waals surface area (Å²) < 4.78 is 44.6. The van der Waals surface area contributed by atoms with Crippen LogP contribution in [-0.2, 0) is 16.6 Å². The topological polar surface area (TPSA) is 73.0 Å². The summed E-state index contributed by atoms with van der Waals surface area (Å²) in [6, 6.07) is 10.6. The first-order chi connectivity index (χ1) is 16.4. The summed E-state index contributed by atoms with van der Waals surface area (Å²) in [6.07, 6.45) is 7.34. The highest BCUT2D eigenvalue weighted by atomic mass is 32.2. The number of sulfonamides is 1. The maximum atomic E-state index is 13.3. The molecule has 0 atom stereocenters. The van der Waals surface area contributed by atoms with Crippen molar-refractivity contribution in [3.8, 4) is 5.69 Å². The van der Waals surface area contributed by atoms with Crippen molar-refractivity contribution in [3.63, 3.8) is 0 Å². The maximum absolute atomic E-state index is 13.3. The third kappa shape index (κ3) is 4.14. The zero-order valence-electron chi connectivity index (χ0n) is 19.4. The molecule has 1 aliphatic heterocycles. The molecular formula is C25H28FN5O2S. The van der Waals surface area contributed by atoms with Crippen LogP contribution in [0.2, 0.25) is 0 Å². The van der Waals surface area contributed by atoms with Crippen molar-refractivity contribution >= 4 is 20.9 Å². The molecule has 7 nitrogen and oxygen atoms in total. The van der Waals surface area contributed by atoms with E-state index in [-0.39, 0.29) is 16.6 Å². The summed E-state index contributed by atoms with van der Waals surface area (Å²) in [5.74, 6) is 0.00895. The van der Waals surface area contributed by atoms with Gasteiger partial charge in [-0.05, 0) is 79.6 Å². The smallest absolute Gasteiger partial charge is 0.246 e. The van der Waals surface area contributed by atoms with Crippen molar-refractivity contribution in [3.05, 3.63) is 71.9 Å². The lowest BCUT2D eigenvalue weighted by atomic mass is 9.87. The molecular weight excluding hydrogens is 453 g/mol. The standard InChI is InChI=1S/C25H28FN5O2S/c1-3-10-29-17-23(16-27-29)34(32,33)30-11-8-19(9-12-30)24-14-20-15-28-31(25(20)13-18(24)2)22-6-4-21(26)5-7-22/h4-7,13-17,19H,3,8-12H2,1-2H3. The van der Waals surface area contributed by atoms with Gasteiger partial charge in [-0.1, -0.05) is 6.92 Å². The minimum atomic E-state index is -3.53. The van der Waals surface area contributed by atoms with Gasteiger partial charge in [0, 0.05) is 31.2 Å². The quantitative estimate of drug-likeness (QED) is 0.402. The number of benzene rings is 2. The van der Waals surface area contributed by atoms with Crippen LogP contribution in [0.4, 0.5) is 4.39 Å². The van der Waals surface area contributed by atoms with Crippen LogP contribution >= 0.6 is 0 Å². The zero-order chi connectivity index (χ0) is 23.9. The molecule has 0 bridgehead atoms. The highest BCUT2D eigenvalue weighted by molar-refractivity contribution is 7.89. The minimum Gasteiger partial charge on any atom is -0.271 e. The van der Waals surface area contributed by atoms with E-state index in [1.54, 1.807) is 27.3 Å². The van der Waals surface area contributed by atoms with Crippen LogP contribution in [0.5, 0.6) is 0 Å². The van der Waals surface area contributed by atoms with Gasteiger partial charge in [0.2, 0.25) is 10.0 Å². The first kappa shape index (κ1) is 22.7. The number of fused-ring (bicyclic) bond motifs is 1. The number of nitrogens with zero attached hydrogens (tertiary/aromatic N) is 5. The van der Waals surface area contributed by atoms with Crippen molar-refractivity contribution in [2.24, 2.45) is 0 Å². The maximum Gasteiger partial charge on any atom is 0.246 e. The Morgan fingerprint density at radius 2 is 1.79 bits per heavy atom. The van der Waals surface area contributed by atoms with Crippen molar-refractivity contribution < 1.29 is 12.8 Å². The van der Waals surface area contributed by atoms with E-state index in [0.717, 1.165) is 41.4 Å². The molecule has 178 valence electrons. The summed E-state index contributed by atoms with van der Waals surface area (Å²) in [7, 11) is -3.53. The van der Waals surface area contributed by atoms with Gasteiger partial charge in [0.1, 0.15) is 10.7 Å².